The molecule has 8 nitrogen and oxygen atoms in total. The summed E-state index contributed by atoms with van der Waals surface area (Å²) in [5, 5.41) is 9.95. The lowest BCUT2D eigenvalue weighted by molar-refractivity contribution is 0.122. The van der Waals surface area contributed by atoms with E-state index < -0.39 is 0 Å². The minimum absolute atomic E-state index is 0.347. The third-order valence-electron chi connectivity index (χ3n) is 4.59. The summed E-state index contributed by atoms with van der Waals surface area (Å²) in [7, 11) is 1.61. The minimum atomic E-state index is 0.347. The van der Waals surface area contributed by atoms with Crippen molar-refractivity contribution in [2.75, 3.05) is 38.3 Å². The summed E-state index contributed by atoms with van der Waals surface area (Å²) in [5.74, 6) is 1.55. The van der Waals surface area contributed by atoms with Gasteiger partial charge >= 0.3 is 0 Å². The zero-order valence-electron chi connectivity index (χ0n) is 15.5. The maximum absolute atomic E-state index is 8.28. The van der Waals surface area contributed by atoms with Crippen molar-refractivity contribution >= 4 is 38.7 Å². The maximum atomic E-state index is 8.28. The lowest BCUT2D eigenvalue weighted by Gasteiger charge is -2.27. The van der Waals surface area contributed by atoms with E-state index in [0.29, 0.717) is 29.2 Å². The van der Waals surface area contributed by atoms with Crippen molar-refractivity contribution in [2.24, 2.45) is 10.7 Å². The van der Waals surface area contributed by atoms with Crippen LogP contribution in [0, 0.1) is 5.41 Å². The number of H-pyrrole nitrogens is 1. The first kappa shape index (κ1) is 18.5. The molecule has 9 heteroatoms. The van der Waals surface area contributed by atoms with Crippen LogP contribution in [0.2, 0.25) is 0 Å². The Hall–Kier alpha value is -2.91. The summed E-state index contributed by atoms with van der Waals surface area (Å²) < 4.78 is 5.42. The SMILES string of the molecule is CN=C(N)SC(=N)c1ccc2[nH]cc(-c3nccc(N4CCOCC4)n3)c2c1. The Morgan fingerprint density at radius 1 is 1.32 bits per heavy atom. The predicted octanol–water partition coefficient (Wildman–Crippen LogP) is 2.46. The largest absolute Gasteiger partial charge is 0.378 e. The van der Waals surface area contributed by atoms with Gasteiger partial charge in [-0.2, -0.15) is 0 Å². The van der Waals surface area contributed by atoms with Crippen molar-refractivity contribution in [3.8, 4) is 11.4 Å². The van der Waals surface area contributed by atoms with Crippen molar-refractivity contribution < 1.29 is 4.74 Å². The fraction of sp³-hybridized carbons (Fsp3) is 0.263. The number of rotatable bonds is 3. The van der Waals surface area contributed by atoms with Crippen LogP contribution in [0.15, 0.2) is 41.7 Å². The van der Waals surface area contributed by atoms with Crippen LogP contribution in [0.25, 0.3) is 22.3 Å². The van der Waals surface area contributed by atoms with E-state index in [1.165, 1.54) is 0 Å². The summed E-state index contributed by atoms with van der Waals surface area (Å²) in [6, 6.07) is 7.73. The molecule has 4 N–H and O–H groups in total. The van der Waals surface area contributed by atoms with Crippen molar-refractivity contribution in [1.29, 1.82) is 5.41 Å². The number of nitrogens with two attached hydrogens (primary N) is 1. The zero-order chi connectivity index (χ0) is 19.5. The molecule has 0 saturated carbocycles. The van der Waals surface area contributed by atoms with Gasteiger partial charge in [0, 0.05) is 54.6 Å². The molecule has 0 unspecified atom stereocenters. The highest BCUT2D eigenvalue weighted by molar-refractivity contribution is 8.26. The average molecular weight is 395 g/mol. The van der Waals surface area contributed by atoms with Crippen LogP contribution >= 0.6 is 11.8 Å². The van der Waals surface area contributed by atoms with Gasteiger partial charge in [-0.3, -0.25) is 10.4 Å². The molecule has 0 aliphatic carbocycles. The van der Waals surface area contributed by atoms with Crippen LogP contribution in [0.3, 0.4) is 0 Å². The lowest BCUT2D eigenvalue weighted by Crippen LogP contribution is -2.36. The average Bonchev–Trinajstić information content (AvgIpc) is 3.17. The van der Waals surface area contributed by atoms with Gasteiger partial charge in [-0.15, -0.1) is 0 Å². The minimum Gasteiger partial charge on any atom is -0.378 e. The topological polar surface area (TPSA) is 116 Å². The molecule has 0 atom stereocenters. The van der Waals surface area contributed by atoms with Gasteiger partial charge in [0.15, 0.2) is 11.0 Å². The number of fused-ring (bicyclic) bond motifs is 1. The van der Waals surface area contributed by atoms with E-state index in [-0.39, 0.29) is 0 Å². The van der Waals surface area contributed by atoms with E-state index in [2.05, 4.69) is 19.9 Å². The van der Waals surface area contributed by atoms with Crippen molar-refractivity contribution in [3.63, 3.8) is 0 Å². The van der Waals surface area contributed by atoms with Gasteiger partial charge in [-0.1, -0.05) is 6.07 Å². The number of aromatic nitrogens is 3. The summed E-state index contributed by atoms with van der Waals surface area (Å²) in [6.45, 7) is 3.06. The summed E-state index contributed by atoms with van der Waals surface area (Å²) >= 11 is 1.14. The lowest BCUT2D eigenvalue weighted by atomic mass is 10.1. The fourth-order valence-electron chi connectivity index (χ4n) is 3.10. The number of hydrogen-bond donors (Lipinski definition) is 3. The molecule has 0 bridgehead atoms. The first-order valence-corrected chi connectivity index (χ1v) is 9.73. The summed E-state index contributed by atoms with van der Waals surface area (Å²) in [6.07, 6.45) is 3.69. The molecular weight excluding hydrogens is 374 g/mol. The van der Waals surface area contributed by atoms with E-state index in [9.17, 15) is 0 Å². The number of thioether (sulfide) groups is 1. The molecule has 144 valence electrons. The third-order valence-corrected chi connectivity index (χ3v) is 5.42. The predicted molar refractivity (Wildman–Crippen MR) is 114 cm³/mol. The maximum Gasteiger partial charge on any atom is 0.163 e. The Balaban J connectivity index is 1.69. The van der Waals surface area contributed by atoms with Crippen LogP contribution < -0.4 is 10.6 Å². The highest BCUT2D eigenvalue weighted by Crippen LogP contribution is 2.29. The molecule has 3 heterocycles. The molecule has 3 aromatic rings. The van der Waals surface area contributed by atoms with E-state index >= 15 is 0 Å². The number of ether oxygens (including phenoxy) is 1. The highest BCUT2D eigenvalue weighted by Gasteiger charge is 2.16. The summed E-state index contributed by atoms with van der Waals surface area (Å²) in [4.78, 5) is 18.6. The van der Waals surface area contributed by atoms with Gasteiger partial charge < -0.3 is 20.4 Å². The van der Waals surface area contributed by atoms with Crippen LogP contribution in [-0.2, 0) is 4.74 Å². The molecular formula is C19H21N7OS. The summed E-state index contributed by atoms with van der Waals surface area (Å²) in [5.41, 5.74) is 8.39. The Kier molecular flexibility index (Phi) is 5.27. The third kappa shape index (κ3) is 3.71. The zero-order valence-corrected chi connectivity index (χ0v) is 16.3. The van der Waals surface area contributed by atoms with Crippen molar-refractivity contribution in [1.82, 2.24) is 15.0 Å². The molecule has 1 fully saturated rings. The number of morpholine rings is 1. The number of hydrogen-bond acceptors (Lipinski definition) is 7. The van der Waals surface area contributed by atoms with Gasteiger partial charge in [0.1, 0.15) is 10.9 Å². The molecule has 0 spiro atoms. The van der Waals surface area contributed by atoms with Crippen molar-refractivity contribution in [2.45, 2.75) is 0 Å². The van der Waals surface area contributed by atoms with Gasteiger partial charge in [0.25, 0.3) is 0 Å². The molecule has 28 heavy (non-hydrogen) atoms. The second-order valence-corrected chi connectivity index (χ2v) is 7.32. The Bertz CT molecular complexity index is 1040. The number of benzene rings is 1. The van der Waals surface area contributed by atoms with E-state index in [4.69, 9.17) is 20.9 Å². The van der Waals surface area contributed by atoms with Crippen LogP contribution in [0.4, 0.5) is 5.82 Å². The Morgan fingerprint density at radius 3 is 2.93 bits per heavy atom. The molecule has 1 saturated heterocycles. The molecule has 1 aromatic carbocycles. The van der Waals surface area contributed by atoms with E-state index in [1.807, 2.05) is 30.5 Å². The molecule has 4 rings (SSSR count). The van der Waals surface area contributed by atoms with Gasteiger partial charge in [0.2, 0.25) is 0 Å². The molecule has 0 amide bonds. The van der Waals surface area contributed by atoms with Crippen LogP contribution in [0.1, 0.15) is 5.56 Å². The second-order valence-electron chi connectivity index (χ2n) is 6.29. The van der Waals surface area contributed by atoms with Crippen LogP contribution in [0.5, 0.6) is 0 Å². The van der Waals surface area contributed by atoms with Crippen LogP contribution in [-0.4, -0.2) is 58.5 Å². The smallest absolute Gasteiger partial charge is 0.163 e. The molecule has 1 aliphatic heterocycles. The Labute approximate surface area is 166 Å². The molecule has 2 aromatic heterocycles. The highest BCUT2D eigenvalue weighted by atomic mass is 32.2. The second kappa shape index (κ2) is 7.99. The monoisotopic (exact) mass is 395 g/mol. The standard InChI is InChI=1S/C19H21N7OS/c1-22-19(21)28-17(20)12-2-3-15-13(10-12)14(11-24-15)18-23-5-4-16(25-18)26-6-8-27-9-7-26/h2-5,10-11,20,24H,6-9H2,1H3,(H2,21,22). The quantitative estimate of drug-likeness (QED) is 0.463. The number of amidine groups is 1. The van der Waals surface area contributed by atoms with E-state index in [0.717, 1.165) is 52.7 Å². The molecule has 0 radical (unpaired) electrons. The number of nitrogens with zero attached hydrogens (tertiary/aromatic N) is 4. The van der Waals surface area contributed by atoms with Gasteiger partial charge in [0.05, 0.1) is 13.2 Å². The number of aliphatic imine (C=N–C) groups is 1. The number of nitrogens with one attached hydrogen (secondary N) is 2. The van der Waals surface area contributed by atoms with Gasteiger partial charge in [-0.25, -0.2) is 9.97 Å². The first-order valence-electron chi connectivity index (χ1n) is 8.92. The number of anilines is 1. The van der Waals surface area contributed by atoms with Gasteiger partial charge in [-0.05, 0) is 30.0 Å². The molecule has 1 aliphatic rings. The normalized spacial score (nSPS) is 15.2. The van der Waals surface area contributed by atoms with Crippen molar-refractivity contribution in [3.05, 3.63) is 42.2 Å². The first-order chi connectivity index (χ1) is 13.7. The fourth-order valence-corrected chi connectivity index (χ4v) is 3.65. The van der Waals surface area contributed by atoms with E-state index in [1.54, 1.807) is 13.2 Å². The number of aromatic amines is 1. The Morgan fingerprint density at radius 2 is 2.14 bits per heavy atom.